The lowest BCUT2D eigenvalue weighted by atomic mass is 9.72. The zero-order valence-electron chi connectivity index (χ0n) is 12.7. The molecule has 0 spiro atoms. The maximum atomic E-state index is 11.0. The van der Waals surface area contributed by atoms with Gasteiger partial charge in [0.1, 0.15) is 0 Å². The smallest absolute Gasteiger partial charge is 0.0730 e. The highest BCUT2D eigenvalue weighted by Gasteiger charge is 2.38. The molecular weight excluding hydrogens is 236 g/mol. The predicted molar refractivity (Wildman–Crippen MR) is 78.2 cm³/mol. The first-order valence-corrected chi connectivity index (χ1v) is 7.91. The quantitative estimate of drug-likeness (QED) is 0.885. The van der Waals surface area contributed by atoms with Gasteiger partial charge < -0.3 is 5.11 Å². The molecule has 1 aromatic rings. The van der Waals surface area contributed by atoms with Gasteiger partial charge in [0.15, 0.2) is 0 Å². The lowest BCUT2D eigenvalue weighted by molar-refractivity contribution is -0.0504. The van der Waals surface area contributed by atoms with Gasteiger partial charge in [0.2, 0.25) is 0 Å². The van der Waals surface area contributed by atoms with Crippen LogP contribution in [0.4, 0.5) is 0 Å². The average molecular weight is 264 g/mol. The minimum Gasteiger partial charge on any atom is -0.389 e. The van der Waals surface area contributed by atoms with Gasteiger partial charge >= 0.3 is 0 Å². The van der Waals surface area contributed by atoms with Crippen LogP contribution in [0, 0.1) is 5.92 Å². The molecule has 1 saturated carbocycles. The fourth-order valence-electron chi connectivity index (χ4n) is 3.53. The number of aryl methyl sites for hydroxylation is 2. The van der Waals surface area contributed by atoms with Crippen LogP contribution >= 0.6 is 0 Å². The molecule has 3 nitrogen and oxygen atoms in total. The van der Waals surface area contributed by atoms with Gasteiger partial charge in [-0.2, -0.15) is 5.10 Å². The van der Waals surface area contributed by atoms with Crippen molar-refractivity contribution in [2.45, 2.75) is 77.9 Å². The van der Waals surface area contributed by atoms with Crippen molar-refractivity contribution in [2.75, 3.05) is 0 Å². The minimum atomic E-state index is -0.509. The first-order valence-electron chi connectivity index (χ1n) is 7.91. The molecule has 1 aliphatic rings. The summed E-state index contributed by atoms with van der Waals surface area (Å²) < 4.78 is 2.07. The molecule has 19 heavy (non-hydrogen) atoms. The van der Waals surface area contributed by atoms with Crippen molar-refractivity contribution in [3.05, 3.63) is 17.5 Å². The monoisotopic (exact) mass is 264 g/mol. The van der Waals surface area contributed by atoms with Crippen molar-refractivity contribution in [1.82, 2.24) is 9.78 Å². The summed E-state index contributed by atoms with van der Waals surface area (Å²) in [6.45, 7) is 7.35. The normalized spacial score (nSPS) is 27.7. The number of aliphatic hydroxyl groups is 1. The van der Waals surface area contributed by atoms with Crippen LogP contribution in [-0.2, 0) is 19.4 Å². The van der Waals surface area contributed by atoms with E-state index in [1.165, 1.54) is 18.5 Å². The summed E-state index contributed by atoms with van der Waals surface area (Å²) in [6.07, 6.45) is 7.37. The van der Waals surface area contributed by atoms with E-state index in [4.69, 9.17) is 0 Å². The molecule has 0 bridgehead atoms. The summed E-state index contributed by atoms with van der Waals surface area (Å²) in [4.78, 5) is 0. The largest absolute Gasteiger partial charge is 0.389 e. The maximum Gasteiger partial charge on any atom is 0.0730 e. The Bertz CT molecular complexity index is 413. The number of hydrogen-bond acceptors (Lipinski definition) is 2. The van der Waals surface area contributed by atoms with Gasteiger partial charge in [-0.1, -0.05) is 33.1 Å². The van der Waals surface area contributed by atoms with Crippen molar-refractivity contribution in [1.29, 1.82) is 0 Å². The van der Waals surface area contributed by atoms with E-state index in [9.17, 15) is 5.11 Å². The van der Waals surface area contributed by atoms with E-state index in [0.29, 0.717) is 5.92 Å². The lowest BCUT2D eigenvalue weighted by Crippen LogP contribution is -2.43. The third-order valence-electron chi connectivity index (χ3n) is 4.73. The highest BCUT2D eigenvalue weighted by atomic mass is 16.3. The van der Waals surface area contributed by atoms with E-state index in [-0.39, 0.29) is 0 Å². The van der Waals surface area contributed by atoms with Gasteiger partial charge in [0.25, 0.3) is 0 Å². The second-order valence-electron chi connectivity index (χ2n) is 5.93. The Morgan fingerprint density at radius 2 is 2.16 bits per heavy atom. The van der Waals surface area contributed by atoms with Crippen LogP contribution in [0.1, 0.15) is 64.3 Å². The Hall–Kier alpha value is -0.830. The zero-order chi connectivity index (χ0) is 13.9. The first-order chi connectivity index (χ1) is 9.12. The topological polar surface area (TPSA) is 38.0 Å². The predicted octanol–water partition coefficient (Wildman–Crippen LogP) is 3.34. The Morgan fingerprint density at radius 1 is 1.37 bits per heavy atom. The molecule has 2 rings (SSSR count). The van der Waals surface area contributed by atoms with Crippen LogP contribution < -0.4 is 0 Å². The summed E-state index contributed by atoms with van der Waals surface area (Å²) in [5.74, 6) is 0.450. The number of hydrogen-bond donors (Lipinski definition) is 1. The third kappa shape index (κ3) is 3.02. The average Bonchev–Trinajstić information content (AvgIpc) is 2.81. The van der Waals surface area contributed by atoms with Crippen molar-refractivity contribution < 1.29 is 5.11 Å². The molecule has 1 N–H and O–H groups in total. The van der Waals surface area contributed by atoms with E-state index < -0.39 is 5.60 Å². The Labute approximate surface area is 117 Å². The van der Waals surface area contributed by atoms with E-state index in [0.717, 1.165) is 44.3 Å². The summed E-state index contributed by atoms with van der Waals surface area (Å²) in [6, 6.07) is 2.18. The van der Waals surface area contributed by atoms with Crippen LogP contribution in [0.2, 0.25) is 0 Å². The minimum absolute atomic E-state index is 0.450. The van der Waals surface area contributed by atoms with Crippen LogP contribution in [0.3, 0.4) is 0 Å². The third-order valence-corrected chi connectivity index (χ3v) is 4.73. The standard InChI is InChI=1S/C16H28N2O/c1-4-13-9-7-8-10-16(13,19)12-15-11-14(5-2)17-18(15)6-3/h11,13,19H,4-10,12H2,1-3H3. The van der Waals surface area contributed by atoms with Crippen LogP contribution in [-0.4, -0.2) is 20.5 Å². The molecule has 0 radical (unpaired) electrons. The molecule has 2 unspecified atom stereocenters. The van der Waals surface area contributed by atoms with E-state index in [2.05, 4.69) is 36.6 Å². The van der Waals surface area contributed by atoms with E-state index >= 15 is 0 Å². The summed E-state index contributed by atoms with van der Waals surface area (Å²) >= 11 is 0. The Morgan fingerprint density at radius 3 is 2.79 bits per heavy atom. The van der Waals surface area contributed by atoms with Gasteiger partial charge in [-0.15, -0.1) is 0 Å². The van der Waals surface area contributed by atoms with Crippen molar-refractivity contribution >= 4 is 0 Å². The van der Waals surface area contributed by atoms with Crippen LogP contribution in [0.25, 0.3) is 0 Å². The molecule has 1 aliphatic carbocycles. The Balaban J connectivity index is 2.20. The van der Waals surface area contributed by atoms with Gasteiger partial charge in [0.05, 0.1) is 11.3 Å². The Kier molecular flexibility index (Phi) is 4.67. The molecule has 0 saturated heterocycles. The number of aromatic nitrogens is 2. The number of rotatable bonds is 5. The molecule has 1 heterocycles. The van der Waals surface area contributed by atoms with Crippen molar-refractivity contribution in [3.8, 4) is 0 Å². The van der Waals surface area contributed by atoms with Gasteiger partial charge in [-0.3, -0.25) is 4.68 Å². The van der Waals surface area contributed by atoms with Crippen LogP contribution in [0.15, 0.2) is 6.07 Å². The molecule has 1 fully saturated rings. The van der Waals surface area contributed by atoms with Crippen LogP contribution in [0.5, 0.6) is 0 Å². The summed E-state index contributed by atoms with van der Waals surface area (Å²) in [7, 11) is 0. The fraction of sp³-hybridized carbons (Fsp3) is 0.812. The molecular formula is C16H28N2O. The van der Waals surface area contributed by atoms with Gasteiger partial charge in [-0.25, -0.2) is 0 Å². The summed E-state index contributed by atoms with van der Waals surface area (Å²) in [5.41, 5.74) is 1.84. The molecule has 0 amide bonds. The highest BCUT2D eigenvalue weighted by Crippen LogP contribution is 2.38. The first kappa shape index (κ1) is 14.6. The highest BCUT2D eigenvalue weighted by molar-refractivity contribution is 5.14. The fourth-order valence-corrected chi connectivity index (χ4v) is 3.53. The molecule has 0 aliphatic heterocycles. The zero-order valence-corrected chi connectivity index (χ0v) is 12.7. The van der Waals surface area contributed by atoms with E-state index in [1.807, 2.05) is 0 Å². The molecule has 0 aromatic carbocycles. The summed E-state index contributed by atoms with van der Waals surface area (Å²) in [5, 5.41) is 15.6. The maximum absolute atomic E-state index is 11.0. The SMILES string of the molecule is CCc1cc(CC2(O)CCCCC2CC)n(CC)n1. The van der Waals surface area contributed by atoms with Crippen molar-refractivity contribution in [3.63, 3.8) is 0 Å². The molecule has 1 aromatic heterocycles. The second-order valence-corrected chi connectivity index (χ2v) is 5.93. The second kappa shape index (κ2) is 6.08. The van der Waals surface area contributed by atoms with E-state index in [1.54, 1.807) is 0 Å². The number of nitrogens with zero attached hydrogens (tertiary/aromatic N) is 2. The van der Waals surface area contributed by atoms with Gasteiger partial charge in [-0.05, 0) is 38.2 Å². The van der Waals surface area contributed by atoms with Crippen molar-refractivity contribution in [2.24, 2.45) is 5.92 Å². The van der Waals surface area contributed by atoms with Gasteiger partial charge in [0, 0.05) is 18.7 Å². The lowest BCUT2D eigenvalue weighted by Gasteiger charge is -2.40. The molecule has 2 atom stereocenters. The molecule has 3 heteroatoms. The molecule has 108 valence electrons.